The van der Waals surface area contributed by atoms with Gasteiger partial charge in [0, 0.05) is 0 Å². The first-order chi connectivity index (χ1) is 6.60. The lowest BCUT2D eigenvalue weighted by atomic mass is 9.73. The molecule has 0 bridgehead atoms. The molecule has 78 valence electrons. The number of esters is 2. The molecule has 1 heterocycles. The van der Waals surface area contributed by atoms with Gasteiger partial charge in [-0.1, -0.05) is 20.3 Å². The fourth-order valence-corrected chi connectivity index (χ4v) is 3.25. The Bertz CT molecular complexity index is 284. The SMILES string of the molecule is CCC1C(C)CCC12CC(=O)OC2=O. The third-order valence-electron chi connectivity index (χ3n) is 3.96. The van der Waals surface area contributed by atoms with Crippen LogP contribution in [-0.2, 0) is 14.3 Å². The van der Waals surface area contributed by atoms with Crippen LogP contribution < -0.4 is 0 Å². The molecule has 0 N–H and O–H groups in total. The van der Waals surface area contributed by atoms with E-state index in [-0.39, 0.29) is 11.9 Å². The Kier molecular flexibility index (Phi) is 2.13. The van der Waals surface area contributed by atoms with Crippen molar-refractivity contribution in [2.75, 3.05) is 0 Å². The maximum atomic E-state index is 11.7. The van der Waals surface area contributed by atoms with Gasteiger partial charge in [-0.05, 0) is 24.7 Å². The van der Waals surface area contributed by atoms with Gasteiger partial charge in [-0.2, -0.15) is 0 Å². The van der Waals surface area contributed by atoms with Crippen LogP contribution in [0.4, 0.5) is 0 Å². The van der Waals surface area contributed by atoms with Crippen molar-refractivity contribution in [1.29, 1.82) is 0 Å². The van der Waals surface area contributed by atoms with E-state index in [9.17, 15) is 9.59 Å². The highest BCUT2D eigenvalue weighted by atomic mass is 16.6. The molecule has 1 spiro atoms. The third kappa shape index (κ3) is 1.11. The van der Waals surface area contributed by atoms with Crippen molar-refractivity contribution < 1.29 is 14.3 Å². The summed E-state index contributed by atoms with van der Waals surface area (Å²) < 4.78 is 4.70. The first kappa shape index (κ1) is 9.69. The van der Waals surface area contributed by atoms with Crippen molar-refractivity contribution in [3.05, 3.63) is 0 Å². The maximum absolute atomic E-state index is 11.7. The molecule has 1 saturated carbocycles. The Morgan fingerprint density at radius 3 is 2.71 bits per heavy atom. The Morgan fingerprint density at radius 1 is 1.50 bits per heavy atom. The van der Waals surface area contributed by atoms with E-state index in [1.54, 1.807) is 0 Å². The Morgan fingerprint density at radius 2 is 2.21 bits per heavy atom. The summed E-state index contributed by atoms with van der Waals surface area (Å²) in [6, 6.07) is 0. The standard InChI is InChI=1S/C11H16O3/c1-3-8-7(2)4-5-11(8)6-9(12)14-10(11)13/h7-8H,3-6H2,1-2H3. The van der Waals surface area contributed by atoms with Gasteiger partial charge in [-0.25, -0.2) is 0 Å². The van der Waals surface area contributed by atoms with Gasteiger partial charge in [0.25, 0.3) is 0 Å². The first-order valence-electron chi connectivity index (χ1n) is 5.35. The summed E-state index contributed by atoms with van der Waals surface area (Å²) in [6.07, 6.45) is 3.15. The molecule has 1 saturated heterocycles. The van der Waals surface area contributed by atoms with Crippen molar-refractivity contribution in [3.8, 4) is 0 Å². The van der Waals surface area contributed by atoms with E-state index >= 15 is 0 Å². The lowest BCUT2D eigenvalue weighted by Crippen LogP contribution is -2.32. The lowest BCUT2D eigenvalue weighted by Gasteiger charge is -2.27. The summed E-state index contributed by atoms with van der Waals surface area (Å²) in [6.45, 7) is 4.25. The largest absolute Gasteiger partial charge is 0.393 e. The number of carbonyl (C=O) groups excluding carboxylic acids is 2. The van der Waals surface area contributed by atoms with Crippen LogP contribution in [0.2, 0.25) is 0 Å². The summed E-state index contributed by atoms with van der Waals surface area (Å²) in [4.78, 5) is 22.8. The van der Waals surface area contributed by atoms with Gasteiger partial charge >= 0.3 is 11.9 Å². The van der Waals surface area contributed by atoms with E-state index < -0.39 is 5.41 Å². The predicted octanol–water partition coefficient (Wildman–Crippen LogP) is 1.90. The molecule has 2 rings (SSSR count). The molecule has 0 radical (unpaired) electrons. The van der Waals surface area contributed by atoms with E-state index in [0.717, 1.165) is 19.3 Å². The van der Waals surface area contributed by atoms with Gasteiger partial charge < -0.3 is 4.74 Å². The molecule has 3 heteroatoms. The van der Waals surface area contributed by atoms with Crippen LogP contribution in [0.15, 0.2) is 0 Å². The minimum atomic E-state index is -0.453. The molecule has 0 aromatic carbocycles. The summed E-state index contributed by atoms with van der Waals surface area (Å²) in [7, 11) is 0. The van der Waals surface area contributed by atoms with E-state index in [1.165, 1.54) is 0 Å². The van der Waals surface area contributed by atoms with Gasteiger partial charge in [-0.3, -0.25) is 9.59 Å². The number of carbonyl (C=O) groups is 2. The maximum Gasteiger partial charge on any atom is 0.320 e. The van der Waals surface area contributed by atoms with Crippen LogP contribution in [-0.4, -0.2) is 11.9 Å². The zero-order valence-corrected chi connectivity index (χ0v) is 8.71. The summed E-state index contributed by atoms with van der Waals surface area (Å²) in [5, 5.41) is 0. The number of cyclic esters (lactones) is 2. The highest BCUT2D eigenvalue weighted by Gasteiger charge is 2.57. The minimum Gasteiger partial charge on any atom is -0.393 e. The molecule has 1 aliphatic heterocycles. The van der Waals surface area contributed by atoms with Gasteiger partial charge in [0.15, 0.2) is 0 Å². The van der Waals surface area contributed by atoms with Gasteiger partial charge in [-0.15, -0.1) is 0 Å². The third-order valence-corrected chi connectivity index (χ3v) is 3.96. The molecular weight excluding hydrogens is 180 g/mol. The molecule has 2 fully saturated rings. The van der Waals surface area contributed by atoms with E-state index in [0.29, 0.717) is 18.3 Å². The average molecular weight is 196 g/mol. The Balaban J connectivity index is 2.31. The van der Waals surface area contributed by atoms with E-state index in [4.69, 9.17) is 4.74 Å². The van der Waals surface area contributed by atoms with Crippen molar-refractivity contribution >= 4 is 11.9 Å². The van der Waals surface area contributed by atoms with E-state index in [2.05, 4.69) is 13.8 Å². The monoisotopic (exact) mass is 196 g/mol. The first-order valence-corrected chi connectivity index (χ1v) is 5.35. The molecule has 0 amide bonds. The second-order valence-electron chi connectivity index (χ2n) is 4.63. The molecule has 3 atom stereocenters. The minimum absolute atomic E-state index is 0.265. The molecule has 1 aliphatic carbocycles. The molecule has 2 aliphatic rings. The summed E-state index contributed by atoms with van der Waals surface area (Å²) in [5.74, 6) is 0.279. The average Bonchev–Trinajstić information content (AvgIpc) is 2.57. The van der Waals surface area contributed by atoms with Gasteiger partial charge in [0.05, 0.1) is 11.8 Å². The lowest BCUT2D eigenvalue weighted by molar-refractivity contribution is -0.156. The predicted molar refractivity (Wildman–Crippen MR) is 50.3 cm³/mol. The fraction of sp³-hybridized carbons (Fsp3) is 0.818. The van der Waals surface area contributed by atoms with E-state index in [1.807, 2.05) is 0 Å². The molecule has 3 unspecified atom stereocenters. The van der Waals surface area contributed by atoms with Crippen LogP contribution in [0.25, 0.3) is 0 Å². The van der Waals surface area contributed by atoms with Crippen LogP contribution >= 0.6 is 0 Å². The van der Waals surface area contributed by atoms with Crippen molar-refractivity contribution in [2.45, 2.75) is 39.5 Å². The van der Waals surface area contributed by atoms with Crippen molar-refractivity contribution in [3.63, 3.8) is 0 Å². The van der Waals surface area contributed by atoms with Crippen molar-refractivity contribution in [1.82, 2.24) is 0 Å². The number of ether oxygens (including phenoxy) is 1. The van der Waals surface area contributed by atoms with Crippen LogP contribution in [0.1, 0.15) is 39.5 Å². The fourth-order valence-electron chi connectivity index (χ4n) is 3.25. The molecule has 14 heavy (non-hydrogen) atoms. The zero-order chi connectivity index (χ0) is 10.3. The number of rotatable bonds is 1. The second kappa shape index (κ2) is 3.07. The normalized spacial score (nSPS) is 42.1. The molecule has 0 aromatic heterocycles. The topological polar surface area (TPSA) is 43.4 Å². The Labute approximate surface area is 83.8 Å². The van der Waals surface area contributed by atoms with Crippen LogP contribution in [0.3, 0.4) is 0 Å². The molecular formula is C11H16O3. The highest BCUT2D eigenvalue weighted by molar-refractivity contribution is 5.97. The van der Waals surface area contributed by atoms with Crippen LogP contribution in [0.5, 0.6) is 0 Å². The molecule has 0 aromatic rings. The quantitative estimate of drug-likeness (QED) is 0.475. The summed E-state index contributed by atoms with van der Waals surface area (Å²) >= 11 is 0. The smallest absolute Gasteiger partial charge is 0.320 e. The second-order valence-corrected chi connectivity index (χ2v) is 4.63. The Hall–Kier alpha value is -0.860. The van der Waals surface area contributed by atoms with Gasteiger partial charge in [0.1, 0.15) is 0 Å². The van der Waals surface area contributed by atoms with Crippen molar-refractivity contribution in [2.24, 2.45) is 17.3 Å². The van der Waals surface area contributed by atoms with Gasteiger partial charge in [0.2, 0.25) is 0 Å². The number of hydrogen-bond acceptors (Lipinski definition) is 3. The zero-order valence-electron chi connectivity index (χ0n) is 8.71. The highest BCUT2D eigenvalue weighted by Crippen LogP contribution is 2.53. The van der Waals surface area contributed by atoms with Crippen LogP contribution in [0, 0.1) is 17.3 Å². The molecule has 3 nitrogen and oxygen atoms in total. The number of hydrogen-bond donors (Lipinski definition) is 0. The summed E-state index contributed by atoms with van der Waals surface area (Å²) in [5.41, 5.74) is -0.453.